The fourth-order valence-corrected chi connectivity index (χ4v) is 0. The fourth-order valence-electron chi connectivity index (χ4n) is 0. The number of allylic oxidation sites excluding steroid dienone is 2. The van der Waals surface area contributed by atoms with Crippen LogP contribution in [0.2, 0.25) is 0 Å². The molecule has 0 bridgehead atoms. The zero-order valence-corrected chi connectivity index (χ0v) is 11.1. The molecule has 98 valence electrons. The summed E-state index contributed by atoms with van der Waals surface area (Å²) in [7, 11) is 0. The molecule has 0 heterocycles. The van der Waals surface area contributed by atoms with E-state index in [9.17, 15) is 0 Å². The second-order valence-corrected chi connectivity index (χ2v) is 1.26. The lowest BCUT2D eigenvalue weighted by Gasteiger charge is -1.70. The highest BCUT2D eigenvalue weighted by atomic mass is 16.3. The summed E-state index contributed by atoms with van der Waals surface area (Å²) in [5.74, 6) is 0. The second-order valence-electron chi connectivity index (χ2n) is 1.26. The van der Waals surface area contributed by atoms with Crippen LogP contribution in [0.3, 0.4) is 0 Å². The van der Waals surface area contributed by atoms with Crippen molar-refractivity contribution >= 4 is 0 Å². The van der Waals surface area contributed by atoms with Gasteiger partial charge in [0.25, 0.3) is 0 Å². The Bertz CT molecular complexity index is 68.0. The smallest absolute Gasteiger partial charge is 0.0662 e. The third-order valence-electron chi connectivity index (χ3n) is 0.1000. The van der Waals surface area contributed by atoms with Crippen LogP contribution < -0.4 is 0 Å². The van der Waals surface area contributed by atoms with E-state index < -0.39 is 0 Å². The monoisotopic (exact) mass is 230 g/mol. The SMILES string of the molecule is C=C.C=C.C=C.C=CC.C=CC.OCCO. The van der Waals surface area contributed by atoms with E-state index in [4.69, 9.17) is 10.2 Å². The number of aliphatic hydroxyl groups excluding tert-OH is 2. The van der Waals surface area contributed by atoms with E-state index in [1.54, 1.807) is 12.2 Å². The van der Waals surface area contributed by atoms with Gasteiger partial charge in [-0.3, -0.25) is 0 Å². The molecule has 0 unspecified atom stereocenters. The van der Waals surface area contributed by atoms with Crippen molar-refractivity contribution in [3.8, 4) is 0 Å². The van der Waals surface area contributed by atoms with Crippen molar-refractivity contribution in [2.75, 3.05) is 13.2 Å². The lowest BCUT2D eigenvalue weighted by Crippen LogP contribution is -1.85. The maximum atomic E-state index is 7.62. The number of hydrogen-bond donors (Lipinski definition) is 2. The molecule has 2 nitrogen and oxygen atoms in total. The summed E-state index contributed by atoms with van der Waals surface area (Å²) < 4.78 is 0. The van der Waals surface area contributed by atoms with Crippen LogP contribution in [0, 0.1) is 0 Å². The van der Waals surface area contributed by atoms with Gasteiger partial charge in [-0.25, -0.2) is 0 Å². The minimum Gasteiger partial charge on any atom is -0.394 e. The van der Waals surface area contributed by atoms with Gasteiger partial charge in [0.15, 0.2) is 0 Å². The van der Waals surface area contributed by atoms with Crippen LogP contribution in [-0.4, -0.2) is 23.4 Å². The Kier molecular flexibility index (Phi) is 721. The van der Waals surface area contributed by atoms with Gasteiger partial charge in [-0.15, -0.1) is 52.6 Å². The molecule has 0 aromatic heterocycles. The summed E-state index contributed by atoms with van der Waals surface area (Å²) in [6.45, 7) is 28.2. The highest BCUT2D eigenvalue weighted by Crippen LogP contribution is 1.39. The highest BCUT2D eigenvalue weighted by Gasteiger charge is 1.58. The first-order chi connectivity index (χ1) is 7.74. The first-order valence-corrected chi connectivity index (χ1v) is 4.60. The van der Waals surface area contributed by atoms with Gasteiger partial charge in [-0.1, -0.05) is 12.2 Å². The van der Waals surface area contributed by atoms with Crippen LogP contribution in [0.15, 0.2) is 64.8 Å². The molecule has 0 saturated heterocycles. The molecule has 2 heteroatoms. The lowest BCUT2D eigenvalue weighted by molar-refractivity contribution is 0.186. The van der Waals surface area contributed by atoms with Crippen molar-refractivity contribution in [2.24, 2.45) is 0 Å². The Morgan fingerprint density at radius 1 is 0.688 bits per heavy atom. The Hall–Kier alpha value is -1.38. The minimum atomic E-state index is -0.125. The normalized spacial score (nSPS) is 4.25. The highest BCUT2D eigenvalue weighted by molar-refractivity contribution is 4.51. The first kappa shape index (κ1) is 36.5. The predicted octanol–water partition coefficient (Wildman–Crippen LogP) is 3.76. The molecule has 0 amide bonds. The zero-order valence-electron chi connectivity index (χ0n) is 11.1. The molecule has 0 aromatic carbocycles. The largest absolute Gasteiger partial charge is 0.394 e. The summed E-state index contributed by atoms with van der Waals surface area (Å²) >= 11 is 0. The Balaban J connectivity index is -0.0000000193. The molecule has 0 aliphatic heterocycles. The van der Waals surface area contributed by atoms with Gasteiger partial charge < -0.3 is 10.2 Å². The van der Waals surface area contributed by atoms with Gasteiger partial charge in [0, 0.05) is 0 Å². The third-order valence-corrected chi connectivity index (χ3v) is 0.1000. The van der Waals surface area contributed by atoms with Crippen molar-refractivity contribution in [3.63, 3.8) is 0 Å². The molecule has 0 radical (unpaired) electrons. The number of aliphatic hydroxyl groups is 2. The molecule has 0 rings (SSSR count). The molecule has 0 spiro atoms. The predicted molar refractivity (Wildman–Crippen MR) is 79.7 cm³/mol. The second kappa shape index (κ2) is 316. The van der Waals surface area contributed by atoms with E-state index in [0.717, 1.165) is 0 Å². The maximum Gasteiger partial charge on any atom is 0.0662 e. The van der Waals surface area contributed by atoms with Crippen LogP contribution in [0.4, 0.5) is 0 Å². The van der Waals surface area contributed by atoms with E-state index >= 15 is 0 Å². The lowest BCUT2D eigenvalue weighted by atomic mass is 10.8. The molecular formula is C14H30O2. The molecule has 2 N–H and O–H groups in total. The molecule has 16 heavy (non-hydrogen) atoms. The summed E-state index contributed by atoms with van der Waals surface area (Å²) in [5.41, 5.74) is 0. The summed E-state index contributed by atoms with van der Waals surface area (Å²) in [6, 6.07) is 0. The van der Waals surface area contributed by atoms with Gasteiger partial charge in [0.05, 0.1) is 13.2 Å². The van der Waals surface area contributed by atoms with Crippen molar-refractivity contribution in [1.29, 1.82) is 0 Å². The maximum absolute atomic E-state index is 7.62. The Labute approximate surface area is 103 Å². The summed E-state index contributed by atoms with van der Waals surface area (Å²) in [6.07, 6.45) is 3.50. The molecule has 0 aliphatic carbocycles. The summed E-state index contributed by atoms with van der Waals surface area (Å²) in [4.78, 5) is 0. The quantitative estimate of drug-likeness (QED) is 0.673. The van der Waals surface area contributed by atoms with Gasteiger partial charge in [-0.05, 0) is 13.8 Å². The van der Waals surface area contributed by atoms with E-state index in [-0.39, 0.29) is 13.2 Å². The number of rotatable bonds is 1. The van der Waals surface area contributed by atoms with E-state index in [0.29, 0.717) is 0 Å². The Morgan fingerprint density at radius 3 is 0.750 bits per heavy atom. The van der Waals surface area contributed by atoms with Gasteiger partial charge >= 0.3 is 0 Å². The molecule has 0 fully saturated rings. The average Bonchev–Trinajstić information content (AvgIpc) is 2.38. The standard InChI is InChI=1S/2C3H6.C2H6O2.3C2H4/c2*1-3-2;3-1-2-4;3*1-2/h2*3H,1H2,2H3;3-4H,1-2H2;3*1-2H2. The molecule has 0 aliphatic rings. The molecule has 0 saturated carbocycles. The van der Waals surface area contributed by atoms with Crippen LogP contribution in [0.5, 0.6) is 0 Å². The van der Waals surface area contributed by atoms with Crippen molar-refractivity contribution in [1.82, 2.24) is 0 Å². The van der Waals surface area contributed by atoms with Crippen LogP contribution >= 0.6 is 0 Å². The molecule has 0 atom stereocenters. The molecule has 0 aromatic rings. The zero-order chi connectivity index (χ0) is 14.8. The number of hydrogen-bond acceptors (Lipinski definition) is 2. The van der Waals surface area contributed by atoms with E-state index in [1.807, 2.05) is 13.8 Å². The van der Waals surface area contributed by atoms with Gasteiger partial charge in [-0.2, -0.15) is 0 Å². The van der Waals surface area contributed by atoms with Crippen LogP contribution in [0.25, 0.3) is 0 Å². The van der Waals surface area contributed by atoms with Crippen molar-refractivity contribution < 1.29 is 10.2 Å². The average molecular weight is 230 g/mol. The van der Waals surface area contributed by atoms with Crippen molar-refractivity contribution in [3.05, 3.63) is 64.8 Å². The van der Waals surface area contributed by atoms with Gasteiger partial charge in [0.2, 0.25) is 0 Å². The van der Waals surface area contributed by atoms with Gasteiger partial charge in [0.1, 0.15) is 0 Å². The van der Waals surface area contributed by atoms with Crippen LogP contribution in [0.1, 0.15) is 13.8 Å². The van der Waals surface area contributed by atoms with E-state index in [2.05, 4.69) is 52.6 Å². The fraction of sp³-hybridized carbons (Fsp3) is 0.286. The third kappa shape index (κ3) is 11800. The van der Waals surface area contributed by atoms with Crippen LogP contribution in [-0.2, 0) is 0 Å². The van der Waals surface area contributed by atoms with Crippen molar-refractivity contribution in [2.45, 2.75) is 13.8 Å². The minimum absolute atomic E-state index is 0.125. The molecular weight excluding hydrogens is 200 g/mol. The topological polar surface area (TPSA) is 40.5 Å². The Morgan fingerprint density at radius 2 is 0.750 bits per heavy atom. The summed E-state index contributed by atoms with van der Waals surface area (Å²) in [5, 5.41) is 15.2. The first-order valence-electron chi connectivity index (χ1n) is 4.60. The van der Waals surface area contributed by atoms with E-state index in [1.165, 1.54) is 0 Å².